The van der Waals surface area contributed by atoms with Gasteiger partial charge in [-0.15, -0.1) is 0 Å². The summed E-state index contributed by atoms with van der Waals surface area (Å²) in [6, 6.07) is 13.2. The fourth-order valence-electron chi connectivity index (χ4n) is 1.81. The number of rotatable bonds is 3. The molecule has 0 saturated carbocycles. The van der Waals surface area contributed by atoms with Crippen molar-refractivity contribution in [2.75, 3.05) is 5.32 Å². The number of benzene rings is 2. The van der Waals surface area contributed by atoms with Crippen LogP contribution in [0.2, 0.25) is 0 Å². The molecule has 0 unspecified atom stereocenters. The van der Waals surface area contributed by atoms with Crippen molar-refractivity contribution >= 4 is 27.5 Å². The van der Waals surface area contributed by atoms with Crippen molar-refractivity contribution in [3.63, 3.8) is 0 Å². The Hall–Kier alpha value is -1.65. The molecule has 19 heavy (non-hydrogen) atoms. The summed E-state index contributed by atoms with van der Waals surface area (Å²) in [7, 11) is 0. The molecule has 0 aliphatic rings. The number of hydrogen-bond donors (Lipinski definition) is 2. The minimum atomic E-state index is -0.118. The van der Waals surface area contributed by atoms with Crippen molar-refractivity contribution in [1.29, 1.82) is 0 Å². The molecule has 2 aromatic rings. The number of halogens is 1. The highest BCUT2D eigenvalue weighted by molar-refractivity contribution is 9.10. The second-order valence-corrected chi connectivity index (χ2v) is 5.23. The summed E-state index contributed by atoms with van der Waals surface area (Å²) in [5.41, 5.74) is 8.93. The number of aryl methyl sites for hydroxylation is 1. The molecule has 0 atom stereocenters. The van der Waals surface area contributed by atoms with Gasteiger partial charge in [0.05, 0.1) is 0 Å². The van der Waals surface area contributed by atoms with Crippen molar-refractivity contribution < 1.29 is 4.79 Å². The SMILES string of the molecule is Cc1ccc(Br)cc1C(=O)Nc1cccc(CN)c1. The largest absolute Gasteiger partial charge is 0.326 e. The van der Waals surface area contributed by atoms with E-state index in [0.29, 0.717) is 12.1 Å². The van der Waals surface area contributed by atoms with Crippen molar-refractivity contribution in [3.8, 4) is 0 Å². The molecule has 3 nitrogen and oxygen atoms in total. The van der Waals surface area contributed by atoms with Crippen LogP contribution in [-0.2, 0) is 6.54 Å². The first kappa shape index (κ1) is 13.8. The minimum absolute atomic E-state index is 0.118. The molecule has 4 heteroatoms. The van der Waals surface area contributed by atoms with Gasteiger partial charge in [-0.1, -0.05) is 34.1 Å². The van der Waals surface area contributed by atoms with Crippen LogP contribution >= 0.6 is 15.9 Å². The molecule has 0 aromatic heterocycles. The number of carbonyl (C=O) groups excluding carboxylic acids is 1. The molecule has 0 spiro atoms. The number of hydrogen-bond acceptors (Lipinski definition) is 2. The van der Waals surface area contributed by atoms with Crippen LogP contribution in [0.15, 0.2) is 46.9 Å². The number of amides is 1. The molecular weight excluding hydrogens is 304 g/mol. The van der Waals surface area contributed by atoms with Crippen LogP contribution in [0, 0.1) is 6.92 Å². The lowest BCUT2D eigenvalue weighted by molar-refractivity contribution is 0.102. The highest BCUT2D eigenvalue weighted by atomic mass is 79.9. The van der Waals surface area contributed by atoms with Gasteiger partial charge in [-0.3, -0.25) is 4.79 Å². The standard InChI is InChI=1S/C15H15BrN2O/c1-10-5-6-12(16)8-14(10)15(19)18-13-4-2-3-11(7-13)9-17/h2-8H,9,17H2,1H3,(H,18,19). The summed E-state index contributed by atoms with van der Waals surface area (Å²) < 4.78 is 0.888. The zero-order valence-electron chi connectivity index (χ0n) is 10.6. The summed E-state index contributed by atoms with van der Waals surface area (Å²) >= 11 is 3.38. The lowest BCUT2D eigenvalue weighted by Gasteiger charge is -2.09. The zero-order chi connectivity index (χ0) is 13.8. The third kappa shape index (κ3) is 3.43. The van der Waals surface area contributed by atoms with E-state index in [4.69, 9.17) is 5.73 Å². The Morgan fingerprint density at radius 1 is 1.26 bits per heavy atom. The van der Waals surface area contributed by atoms with Crippen molar-refractivity contribution in [2.45, 2.75) is 13.5 Å². The zero-order valence-corrected chi connectivity index (χ0v) is 12.2. The average Bonchev–Trinajstić information content (AvgIpc) is 2.41. The van der Waals surface area contributed by atoms with Crippen LogP contribution in [0.5, 0.6) is 0 Å². The lowest BCUT2D eigenvalue weighted by atomic mass is 10.1. The third-order valence-corrected chi connectivity index (χ3v) is 3.36. The third-order valence-electron chi connectivity index (χ3n) is 2.86. The van der Waals surface area contributed by atoms with Gasteiger partial charge in [0.15, 0.2) is 0 Å². The molecule has 0 aliphatic carbocycles. The van der Waals surface area contributed by atoms with E-state index in [1.54, 1.807) is 0 Å². The highest BCUT2D eigenvalue weighted by Gasteiger charge is 2.09. The first-order valence-corrected chi connectivity index (χ1v) is 6.76. The van der Waals surface area contributed by atoms with Gasteiger partial charge in [-0.05, 0) is 42.3 Å². The Kier molecular flexibility index (Phi) is 4.35. The maximum Gasteiger partial charge on any atom is 0.255 e. The molecule has 1 amide bonds. The summed E-state index contributed by atoms with van der Waals surface area (Å²) in [6.45, 7) is 2.37. The van der Waals surface area contributed by atoms with E-state index in [1.807, 2.05) is 49.4 Å². The average molecular weight is 319 g/mol. The molecule has 0 aliphatic heterocycles. The van der Waals surface area contributed by atoms with Crippen LogP contribution in [0.25, 0.3) is 0 Å². The Labute approximate surface area is 121 Å². The summed E-state index contributed by atoms with van der Waals surface area (Å²) in [5, 5.41) is 2.89. The normalized spacial score (nSPS) is 10.3. The number of carbonyl (C=O) groups is 1. The van der Waals surface area contributed by atoms with E-state index in [-0.39, 0.29) is 5.91 Å². The van der Waals surface area contributed by atoms with Crippen LogP contribution in [0.1, 0.15) is 21.5 Å². The maximum atomic E-state index is 12.2. The van der Waals surface area contributed by atoms with Gasteiger partial charge in [0.2, 0.25) is 0 Å². The second-order valence-electron chi connectivity index (χ2n) is 4.32. The first-order valence-electron chi connectivity index (χ1n) is 5.96. The Balaban J connectivity index is 2.23. The van der Waals surface area contributed by atoms with E-state index in [9.17, 15) is 4.79 Å². The van der Waals surface area contributed by atoms with E-state index < -0.39 is 0 Å². The van der Waals surface area contributed by atoms with Gasteiger partial charge >= 0.3 is 0 Å². The Morgan fingerprint density at radius 3 is 2.79 bits per heavy atom. The molecule has 2 rings (SSSR count). The van der Waals surface area contributed by atoms with E-state index in [2.05, 4.69) is 21.2 Å². The van der Waals surface area contributed by atoms with Gasteiger partial charge in [-0.25, -0.2) is 0 Å². The van der Waals surface area contributed by atoms with Crippen LogP contribution in [-0.4, -0.2) is 5.91 Å². The van der Waals surface area contributed by atoms with Crippen LogP contribution < -0.4 is 11.1 Å². The maximum absolute atomic E-state index is 12.2. The monoisotopic (exact) mass is 318 g/mol. The second kappa shape index (κ2) is 5.99. The Morgan fingerprint density at radius 2 is 2.05 bits per heavy atom. The van der Waals surface area contributed by atoms with Gasteiger partial charge in [0, 0.05) is 22.3 Å². The molecule has 98 valence electrons. The predicted molar refractivity (Wildman–Crippen MR) is 81.2 cm³/mol. The molecular formula is C15H15BrN2O. The summed E-state index contributed by atoms with van der Waals surface area (Å²) in [6.07, 6.45) is 0. The summed E-state index contributed by atoms with van der Waals surface area (Å²) in [4.78, 5) is 12.2. The van der Waals surface area contributed by atoms with Gasteiger partial charge in [-0.2, -0.15) is 0 Å². The first-order chi connectivity index (χ1) is 9.10. The van der Waals surface area contributed by atoms with E-state index in [1.165, 1.54) is 0 Å². The van der Waals surface area contributed by atoms with Gasteiger partial charge in [0.1, 0.15) is 0 Å². The fraction of sp³-hybridized carbons (Fsp3) is 0.133. The van der Waals surface area contributed by atoms with Gasteiger partial charge in [0.25, 0.3) is 5.91 Å². The summed E-state index contributed by atoms with van der Waals surface area (Å²) in [5.74, 6) is -0.118. The topological polar surface area (TPSA) is 55.1 Å². The van der Waals surface area contributed by atoms with Crippen molar-refractivity contribution in [1.82, 2.24) is 0 Å². The quantitative estimate of drug-likeness (QED) is 0.910. The molecule has 3 N–H and O–H groups in total. The lowest BCUT2D eigenvalue weighted by Crippen LogP contribution is -2.13. The van der Waals surface area contributed by atoms with E-state index in [0.717, 1.165) is 21.3 Å². The highest BCUT2D eigenvalue weighted by Crippen LogP contribution is 2.18. The molecule has 0 saturated heterocycles. The van der Waals surface area contributed by atoms with Crippen LogP contribution in [0.4, 0.5) is 5.69 Å². The molecule has 0 radical (unpaired) electrons. The smallest absolute Gasteiger partial charge is 0.255 e. The van der Waals surface area contributed by atoms with Gasteiger partial charge < -0.3 is 11.1 Å². The minimum Gasteiger partial charge on any atom is -0.326 e. The number of nitrogens with one attached hydrogen (secondary N) is 1. The number of nitrogens with two attached hydrogens (primary N) is 1. The number of anilines is 1. The van der Waals surface area contributed by atoms with Crippen molar-refractivity contribution in [3.05, 3.63) is 63.6 Å². The molecule has 0 bridgehead atoms. The molecule has 0 heterocycles. The molecule has 2 aromatic carbocycles. The predicted octanol–water partition coefficient (Wildman–Crippen LogP) is 3.47. The molecule has 0 fully saturated rings. The fourth-order valence-corrected chi connectivity index (χ4v) is 2.17. The van der Waals surface area contributed by atoms with Crippen LogP contribution in [0.3, 0.4) is 0 Å². The van der Waals surface area contributed by atoms with E-state index >= 15 is 0 Å². The van der Waals surface area contributed by atoms with Crippen molar-refractivity contribution in [2.24, 2.45) is 5.73 Å². The Bertz CT molecular complexity index is 611.